The number of thiol groups is 1. The van der Waals surface area contributed by atoms with Crippen LogP contribution in [0.3, 0.4) is 0 Å². The van der Waals surface area contributed by atoms with E-state index < -0.39 is 22.9 Å². The lowest BCUT2D eigenvalue weighted by Gasteiger charge is -2.29. The molecule has 0 amide bonds. The Bertz CT molecular complexity index is 568. The number of hydrogen-bond donors (Lipinski definition) is 3. The Balaban J connectivity index is 3.22. The third-order valence-corrected chi connectivity index (χ3v) is 2.06. The average molecular weight is 272 g/mol. The third kappa shape index (κ3) is 3.95. The number of ether oxygens (including phenoxy) is 1. The number of aliphatic imine (C=N–C) groups is 1. The van der Waals surface area contributed by atoms with Crippen molar-refractivity contribution in [1.82, 2.24) is 9.97 Å². The Morgan fingerprint density at radius 1 is 1.39 bits per heavy atom. The molecule has 0 aliphatic carbocycles. The van der Waals surface area contributed by atoms with E-state index in [4.69, 9.17) is 4.74 Å². The van der Waals surface area contributed by atoms with Crippen LogP contribution >= 0.6 is 12.6 Å². The zero-order valence-electron chi connectivity index (χ0n) is 10.2. The Kier molecular flexibility index (Phi) is 4.23. The first-order valence-corrected chi connectivity index (χ1v) is 5.77. The second kappa shape index (κ2) is 5.30. The summed E-state index contributed by atoms with van der Waals surface area (Å²) in [7, 11) is 0. The van der Waals surface area contributed by atoms with Gasteiger partial charge in [0.25, 0.3) is 5.56 Å². The molecule has 2 N–H and O–H groups in total. The zero-order chi connectivity index (χ0) is 13.9. The molecule has 7 nitrogen and oxygen atoms in total. The summed E-state index contributed by atoms with van der Waals surface area (Å²) in [6.07, 6.45) is -0.900. The van der Waals surface area contributed by atoms with Crippen molar-refractivity contribution in [2.24, 2.45) is 4.99 Å². The molecule has 0 aromatic carbocycles. The van der Waals surface area contributed by atoms with Gasteiger partial charge in [-0.1, -0.05) is 20.8 Å². The van der Waals surface area contributed by atoms with E-state index >= 15 is 0 Å². The van der Waals surface area contributed by atoms with Gasteiger partial charge in [-0.25, -0.2) is 9.79 Å². The molecular weight excluding hydrogens is 258 g/mol. The first-order valence-electron chi connectivity index (χ1n) is 5.14. The molecule has 0 saturated carbocycles. The van der Waals surface area contributed by atoms with E-state index in [2.05, 4.69) is 22.6 Å². The van der Waals surface area contributed by atoms with Gasteiger partial charge in [-0.05, 0) is 0 Å². The van der Waals surface area contributed by atoms with Crippen LogP contribution in [0.4, 0.5) is 5.69 Å². The van der Waals surface area contributed by atoms with Gasteiger partial charge in [0.05, 0.1) is 5.69 Å². The Labute approximate surface area is 108 Å². The molecule has 0 unspecified atom stereocenters. The Hall–Kier alpha value is -1.70. The molecule has 0 atom stereocenters. The first-order chi connectivity index (χ1) is 8.23. The fourth-order valence-electron chi connectivity index (χ4n) is 1.14. The van der Waals surface area contributed by atoms with Gasteiger partial charge < -0.3 is 14.8 Å². The van der Waals surface area contributed by atoms with Gasteiger partial charge in [-0.2, -0.15) is 12.6 Å². The fraction of sp³-hybridized carbons (Fsp3) is 0.500. The minimum atomic E-state index is -0.900. The van der Waals surface area contributed by atoms with E-state index in [1.165, 1.54) is 0 Å². The molecule has 0 bridgehead atoms. The standard InChI is InChI=1S/C10H15N3O4S/c1-10(2,3)17-9(16)12-6-5(4-18)11-8(15)13-7(6)14/h18H,4H2,1-3H3,(H,12,16)(H2,11,13,14,15)/p-1. The second-order valence-corrected chi connectivity index (χ2v) is 4.80. The van der Waals surface area contributed by atoms with Crippen LogP contribution in [0, 0.1) is 0 Å². The van der Waals surface area contributed by atoms with E-state index in [9.17, 15) is 14.7 Å². The number of nitrogens with zero attached hydrogens (tertiary/aromatic N) is 1. The van der Waals surface area contributed by atoms with Crippen molar-refractivity contribution >= 4 is 24.4 Å². The minimum Gasteiger partial charge on any atom is -0.594 e. The van der Waals surface area contributed by atoms with Crippen LogP contribution in [0.1, 0.15) is 26.5 Å². The number of nitrogens with one attached hydrogen (secondary N) is 2. The van der Waals surface area contributed by atoms with Gasteiger partial charge in [0.15, 0.2) is 11.8 Å². The van der Waals surface area contributed by atoms with Crippen LogP contribution in [0.15, 0.2) is 14.6 Å². The maximum absolute atomic E-state index is 11.5. The van der Waals surface area contributed by atoms with Crippen molar-refractivity contribution in [2.75, 3.05) is 0 Å². The van der Waals surface area contributed by atoms with Gasteiger partial charge in [0, 0.05) is 11.4 Å². The number of aromatic amines is 2. The van der Waals surface area contributed by atoms with E-state index in [0.29, 0.717) is 0 Å². The lowest BCUT2D eigenvalue weighted by molar-refractivity contribution is -0.259. The Morgan fingerprint density at radius 2 is 2.00 bits per heavy atom. The smallest absolute Gasteiger partial charge is 0.326 e. The lowest BCUT2D eigenvalue weighted by atomic mass is 10.2. The average Bonchev–Trinajstić information content (AvgIpc) is 2.18. The first kappa shape index (κ1) is 14.4. The summed E-state index contributed by atoms with van der Waals surface area (Å²) in [6, 6.07) is 0. The minimum absolute atomic E-state index is 0.0702. The number of rotatable bonds is 2. The van der Waals surface area contributed by atoms with E-state index in [1.54, 1.807) is 20.8 Å². The van der Waals surface area contributed by atoms with Crippen LogP contribution < -0.4 is 16.4 Å². The summed E-state index contributed by atoms with van der Waals surface area (Å²) in [5, 5.41) is 11.5. The van der Waals surface area contributed by atoms with Gasteiger partial charge in [-0.3, -0.25) is 9.78 Å². The van der Waals surface area contributed by atoms with Crippen molar-refractivity contribution in [3.05, 3.63) is 26.5 Å². The van der Waals surface area contributed by atoms with Crippen molar-refractivity contribution in [2.45, 2.75) is 32.1 Å². The van der Waals surface area contributed by atoms with Crippen LogP contribution in [0.5, 0.6) is 0 Å². The van der Waals surface area contributed by atoms with E-state index in [0.717, 1.165) is 0 Å². The second-order valence-electron chi connectivity index (χ2n) is 4.49. The van der Waals surface area contributed by atoms with E-state index in [1.807, 2.05) is 4.98 Å². The normalized spacial score (nSPS) is 12.6. The zero-order valence-corrected chi connectivity index (χ0v) is 11.1. The summed E-state index contributed by atoms with van der Waals surface area (Å²) >= 11 is 3.95. The molecule has 18 heavy (non-hydrogen) atoms. The van der Waals surface area contributed by atoms with Crippen LogP contribution in [0.25, 0.3) is 0 Å². The van der Waals surface area contributed by atoms with Crippen LogP contribution in [-0.2, 0) is 10.5 Å². The molecule has 0 fully saturated rings. The predicted molar refractivity (Wildman–Crippen MR) is 68.3 cm³/mol. The molecule has 0 radical (unpaired) electrons. The van der Waals surface area contributed by atoms with E-state index in [-0.39, 0.29) is 17.1 Å². The van der Waals surface area contributed by atoms with Gasteiger partial charge in [0.2, 0.25) is 0 Å². The van der Waals surface area contributed by atoms with Crippen molar-refractivity contribution in [3.63, 3.8) is 0 Å². The molecule has 0 aliphatic rings. The topological polar surface area (TPSA) is 110 Å². The molecule has 1 rings (SSSR count). The summed E-state index contributed by atoms with van der Waals surface area (Å²) in [5.41, 5.74) is -2.17. The van der Waals surface area contributed by atoms with Crippen LogP contribution in [-0.4, -0.2) is 21.7 Å². The molecular formula is C10H14N3O4S-. The summed E-state index contributed by atoms with van der Waals surface area (Å²) < 4.78 is 4.95. The molecule has 0 spiro atoms. The van der Waals surface area contributed by atoms with Gasteiger partial charge in [-0.15, -0.1) is 0 Å². The molecule has 8 heteroatoms. The monoisotopic (exact) mass is 272 g/mol. The highest BCUT2D eigenvalue weighted by Gasteiger charge is 2.09. The predicted octanol–water partition coefficient (Wildman–Crippen LogP) is -0.344. The maximum Gasteiger partial charge on any atom is 0.326 e. The summed E-state index contributed by atoms with van der Waals surface area (Å²) in [5.74, 6) is 0.0702. The third-order valence-electron chi connectivity index (χ3n) is 1.75. The summed E-state index contributed by atoms with van der Waals surface area (Å²) in [6.45, 7) is 5.03. The Morgan fingerprint density at radius 3 is 2.50 bits per heavy atom. The van der Waals surface area contributed by atoms with Crippen molar-refractivity contribution in [3.8, 4) is 0 Å². The van der Waals surface area contributed by atoms with Crippen molar-refractivity contribution in [1.29, 1.82) is 0 Å². The SMILES string of the molecule is CC(C)(C)OC([O-])=Nc1c(CS)[nH]c(=O)[nH]c1=O. The highest BCUT2D eigenvalue weighted by molar-refractivity contribution is 7.79. The number of hydrogen-bond acceptors (Lipinski definition) is 6. The molecule has 1 aromatic heterocycles. The number of H-pyrrole nitrogens is 2. The molecule has 0 aliphatic heterocycles. The van der Waals surface area contributed by atoms with Crippen LogP contribution in [0.2, 0.25) is 0 Å². The fourth-order valence-corrected chi connectivity index (χ4v) is 1.36. The molecule has 1 aromatic rings. The molecule has 0 saturated heterocycles. The molecule has 1 heterocycles. The maximum atomic E-state index is 11.5. The quantitative estimate of drug-likeness (QED) is 0.388. The highest BCUT2D eigenvalue weighted by Crippen LogP contribution is 2.13. The van der Waals surface area contributed by atoms with Gasteiger partial charge in [0.1, 0.15) is 0 Å². The largest absolute Gasteiger partial charge is 0.594 e. The van der Waals surface area contributed by atoms with Gasteiger partial charge >= 0.3 is 5.69 Å². The number of aromatic nitrogens is 2. The molecule has 100 valence electrons. The van der Waals surface area contributed by atoms with Crippen molar-refractivity contribution < 1.29 is 9.84 Å². The highest BCUT2D eigenvalue weighted by atomic mass is 32.1. The lowest BCUT2D eigenvalue weighted by Crippen LogP contribution is -2.32. The summed E-state index contributed by atoms with van der Waals surface area (Å²) in [4.78, 5) is 30.4.